The summed E-state index contributed by atoms with van der Waals surface area (Å²) in [6, 6.07) is 6.19. The van der Waals surface area contributed by atoms with E-state index in [0.717, 1.165) is 29.0 Å². The molecule has 0 radical (unpaired) electrons. The van der Waals surface area contributed by atoms with Crippen LogP contribution in [0.25, 0.3) is 0 Å². The molecule has 2 rings (SSSR count). The van der Waals surface area contributed by atoms with Gasteiger partial charge in [0.1, 0.15) is 4.99 Å². The van der Waals surface area contributed by atoms with Gasteiger partial charge in [0, 0.05) is 28.8 Å². The number of hydrogen-bond donors (Lipinski definition) is 1. The van der Waals surface area contributed by atoms with Crippen molar-refractivity contribution in [3.05, 3.63) is 28.2 Å². The molecular weight excluding hydrogens is 320 g/mol. The Morgan fingerprint density at radius 3 is 2.63 bits per heavy atom. The van der Waals surface area contributed by atoms with Crippen molar-refractivity contribution in [1.29, 1.82) is 0 Å². The van der Waals surface area contributed by atoms with Gasteiger partial charge in [0.05, 0.1) is 0 Å². The lowest BCUT2D eigenvalue weighted by molar-refractivity contribution is 0.263. The van der Waals surface area contributed by atoms with E-state index in [4.69, 9.17) is 18.0 Å². The SMILES string of the molecule is CC(C)(C)C1CCN(c2ccc(Br)cc2C(N)=S)C1. The summed E-state index contributed by atoms with van der Waals surface area (Å²) in [6.07, 6.45) is 1.23. The van der Waals surface area contributed by atoms with Crippen LogP contribution in [0.2, 0.25) is 0 Å². The van der Waals surface area contributed by atoms with Crippen LogP contribution in [0.15, 0.2) is 22.7 Å². The summed E-state index contributed by atoms with van der Waals surface area (Å²) in [6.45, 7) is 9.12. The Hall–Kier alpha value is -0.610. The van der Waals surface area contributed by atoms with Crippen LogP contribution in [0.1, 0.15) is 32.8 Å². The van der Waals surface area contributed by atoms with Crippen molar-refractivity contribution < 1.29 is 0 Å². The predicted octanol–water partition coefficient (Wildman–Crippen LogP) is 3.96. The van der Waals surface area contributed by atoms with Crippen molar-refractivity contribution in [2.24, 2.45) is 17.1 Å². The van der Waals surface area contributed by atoms with Gasteiger partial charge in [-0.1, -0.05) is 48.9 Å². The lowest BCUT2D eigenvalue weighted by Crippen LogP contribution is -2.27. The number of nitrogens with two attached hydrogens (primary N) is 1. The molecule has 1 fully saturated rings. The fourth-order valence-corrected chi connectivity index (χ4v) is 3.19. The molecule has 1 saturated heterocycles. The maximum atomic E-state index is 5.86. The molecule has 0 aliphatic carbocycles. The molecule has 104 valence electrons. The van der Waals surface area contributed by atoms with E-state index in [-0.39, 0.29) is 0 Å². The first-order valence-corrected chi connectivity index (χ1v) is 7.83. The monoisotopic (exact) mass is 340 g/mol. The number of anilines is 1. The van der Waals surface area contributed by atoms with Crippen molar-refractivity contribution in [3.63, 3.8) is 0 Å². The molecular formula is C15H21BrN2S. The summed E-state index contributed by atoms with van der Waals surface area (Å²) in [4.78, 5) is 2.88. The topological polar surface area (TPSA) is 29.3 Å². The van der Waals surface area contributed by atoms with E-state index in [1.54, 1.807) is 0 Å². The van der Waals surface area contributed by atoms with Gasteiger partial charge in [0.15, 0.2) is 0 Å². The highest BCUT2D eigenvalue weighted by Crippen LogP contribution is 2.37. The van der Waals surface area contributed by atoms with Crippen LogP contribution >= 0.6 is 28.1 Å². The Morgan fingerprint density at radius 2 is 2.11 bits per heavy atom. The first-order chi connectivity index (χ1) is 8.79. The highest BCUT2D eigenvalue weighted by Gasteiger charge is 2.32. The van der Waals surface area contributed by atoms with E-state index in [0.29, 0.717) is 10.4 Å². The van der Waals surface area contributed by atoms with Crippen LogP contribution in [0.3, 0.4) is 0 Å². The van der Waals surface area contributed by atoms with Crippen LogP contribution in [-0.2, 0) is 0 Å². The summed E-state index contributed by atoms with van der Waals surface area (Å²) >= 11 is 8.66. The smallest absolute Gasteiger partial charge is 0.106 e. The average molecular weight is 341 g/mol. The third kappa shape index (κ3) is 3.29. The predicted molar refractivity (Wildman–Crippen MR) is 89.8 cm³/mol. The Labute approximate surface area is 129 Å². The standard InChI is InChI=1S/C15H21BrN2S/c1-15(2,3)10-6-7-18(9-10)13-5-4-11(16)8-12(13)14(17)19/h4-5,8,10H,6-7,9H2,1-3H3,(H2,17,19). The molecule has 1 aromatic rings. The van der Waals surface area contributed by atoms with Gasteiger partial charge < -0.3 is 10.6 Å². The van der Waals surface area contributed by atoms with Gasteiger partial charge in [-0.15, -0.1) is 0 Å². The highest BCUT2D eigenvalue weighted by atomic mass is 79.9. The number of hydrogen-bond acceptors (Lipinski definition) is 2. The number of benzene rings is 1. The maximum Gasteiger partial charge on any atom is 0.106 e. The molecule has 1 heterocycles. The number of nitrogens with zero attached hydrogens (tertiary/aromatic N) is 1. The van der Waals surface area contributed by atoms with Crippen LogP contribution in [-0.4, -0.2) is 18.1 Å². The molecule has 0 saturated carbocycles. The second-order valence-electron chi connectivity index (χ2n) is 6.32. The molecule has 2 N–H and O–H groups in total. The third-order valence-electron chi connectivity index (χ3n) is 3.98. The molecule has 19 heavy (non-hydrogen) atoms. The first kappa shape index (κ1) is 14.8. The Kier molecular flexibility index (Phi) is 4.21. The number of halogens is 1. The summed E-state index contributed by atoms with van der Waals surface area (Å²) < 4.78 is 1.02. The second-order valence-corrected chi connectivity index (χ2v) is 7.68. The lowest BCUT2D eigenvalue weighted by atomic mass is 9.80. The van der Waals surface area contributed by atoms with Crippen LogP contribution in [0.5, 0.6) is 0 Å². The molecule has 1 unspecified atom stereocenters. The Bertz CT molecular complexity index is 493. The van der Waals surface area contributed by atoms with Gasteiger partial charge in [0.25, 0.3) is 0 Å². The molecule has 1 aliphatic heterocycles. The van der Waals surface area contributed by atoms with Crippen molar-refractivity contribution in [2.45, 2.75) is 27.2 Å². The Morgan fingerprint density at radius 1 is 1.42 bits per heavy atom. The van der Waals surface area contributed by atoms with Gasteiger partial charge in [-0.2, -0.15) is 0 Å². The van der Waals surface area contributed by atoms with Crippen LogP contribution < -0.4 is 10.6 Å². The van der Waals surface area contributed by atoms with Gasteiger partial charge in [0.2, 0.25) is 0 Å². The fourth-order valence-electron chi connectivity index (χ4n) is 2.67. The molecule has 2 nitrogen and oxygen atoms in total. The Balaban J connectivity index is 2.27. The van der Waals surface area contributed by atoms with Gasteiger partial charge >= 0.3 is 0 Å². The highest BCUT2D eigenvalue weighted by molar-refractivity contribution is 9.10. The zero-order chi connectivity index (χ0) is 14.2. The molecule has 4 heteroatoms. The van der Waals surface area contributed by atoms with Crippen LogP contribution in [0.4, 0.5) is 5.69 Å². The minimum absolute atomic E-state index is 0.355. The fraction of sp³-hybridized carbons (Fsp3) is 0.533. The van der Waals surface area contributed by atoms with E-state index in [1.807, 2.05) is 6.07 Å². The van der Waals surface area contributed by atoms with Gasteiger partial charge in [-0.25, -0.2) is 0 Å². The molecule has 0 spiro atoms. The summed E-state index contributed by atoms with van der Waals surface area (Å²) in [5, 5.41) is 0. The number of thiocarbonyl (C=S) groups is 1. The molecule has 0 amide bonds. The van der Waals surface area contributed by atoms with E-state index in [2.05, 4.69) is 53.7 Å². The second kappa shape index (κ2) is 5.41. The lowest BCUT2D eigenvalue weighted by Gasteiger charge is -2.28. The van der Waals surface area contributed by atoms with E-state index in [9.17, 15) is 0 Å². The van der Waals surface area contributed by atoms with Gasteiger partial charge in [-0.05, 0) is 36.0 Å². The zero-order valence-electron chi connectivity index (χ0n) is 11.7. The molecule has 0 bridgehead atoms. The van der Waals surface area contributed by atoms with Crippen LogP contribution in [0, 0.1) is 11.3 Å². The molecule has 1 atom stereocenters. The van der Waals surface area contributed by atoms with Crippen molar-refractivity contribution >= 4 is 38.8 Å². The van der Waals surface area contributed by atoms with E-state index < -0.39 is 0 Å². The summed E-state index contributed by atoms with van der Waals surface area (Å²) in [5.41, 5.74) is 8.35. The minimum Gasteiger partial charge on any atom is -0.389 e. The van der Waals surface area contributed by atoms with Crippen molar-refractivity contribution in [2.75, 3.05) is 18.0 Å². The van der Waals surface area contributed by atoms with Crippen molar-refractivity contribution in [1.82, 2.24) is 0 Å². The van der Waals surface area contributed by atoms with Gasteiger partial charge in [-0.3, -0.25) is 0 Å². The first-order valence-electron chi connectivity index (χ1n) is 6.63. The van der Waals surface area contributed by atoms with E-state index in [1.165, 1.54) is 12.1 Å². The third-order valence-corrected chi connectivity index (χ3v) is 4.69. The normalized spacial score (nSPS) is 19.8. The summed E-state index contributed by atoms with van der Waals surface area (Å²) in [7, 11) is 0. The summed E-state index contributed by atoms with van der Waals surface area (Å²) in [5.74, 6) is 0.718. The maximum absolute atomic E-state index is 5.86. The largest absolute Gasteiger partial charge is 0.389 e. The molecule has 0 aromatic heterocycles. The number of rotatable bonds is 2. The average Bonchev–Trinajstić information content (AvgIpc) is 2.77. The molecule has 1 aliphatic rings. The zero-order valence-corrected chi connectivity index (χ0v) is 14.1. The van der Waals surface area contributed by atoms with E-state index >= 15 is 0 Å². The molecule has 1 aromatic carbocycles. The van der Waals surface area contributed by atoms with Crippen molar-refractivity contribution in [3.8, 4) is 0 Å². The quantitative estimate of drug-likeness (QED) is 0.826. The minimum atomic E-state index is 0.355.